The number of pyridine rings is 1. The van der Waals surface area contributed by atoms with Crippen molar-refractivity contribution >= 4 is 17.5 Å². The zero-order chi connectivity index (χ0) is 29.1. The van der Waals surface area contributed by atoms with Crippen LogP contribution in [0.15, 0.2) is 85.2 Å². The van der Waals surface area contributed by atoms with Gasteiger partial charge in [-0.25, -0.2) is 9.59 Å². The molecule has 0 aliphatic heterocycles. The van der Waals surface area contributed by atoms with Gasteiger partial charge in [0.15, 0.2) is 0 Å². The van der Waals surface area contributed by atoms with Gasteiger partial charge < -0.3 is 24.1 Å². The molecule has 3 rings (SSSR count). The SMILES string of the molecule is C=C(/C(=C/C[C@@H](OC(=O)c1ccncc1)c1ccc(OCCO)cc1)c1cc(C(=O)OC)ccc1OC)C(C)C. The molecule has 3 aromatic rings. The van der Waals surface area contributed by atoms with Crippen LogP contribution in [0, 0.1) is 5.92 Å². The lowest BCUT2D eigenvalue weighted by Gasteiger charge is -2.21. The Hall–Kier alpha value is -4.43. The number of benzene rings is 2. The maximum Gasteiger partial charge on any atom is 0.338 e. The van der Waals surface area contributed by atoms with Crippen LogP contribution >= 0.6 is 0 Å². The van der Waals surface area contributed by atoms with E-state index in [4.69, 9.17) is 24.1 Å². The van der Waals surface area contributed by atoms with Gasteiger partial charge in [-0.05, 0) is 65.1 Å². The molecule has 0 aliphatic carbocycles. The highest BCUT2D eigenvalue weighted by Gasteiger charge is 2.21. The summed E-state index contributed by atoms with van der Waals surface area (Å²) in [6.07, 6.45) is 4.66. The number of carbonyl (C=O) groups excluding carboxylic acids is 2. The number of allylic oxidation sites excluding steroid dienone is 2. The lowest BCUT2D eigenvalue weighted by molar-refractivity contribution is 0.0303. The number of rotatable bonds is 13. The average molecular weight is 546 g/mol. The molecule has 1 atom stereocenters. The molecule has 0 radical (unpaired) electrons. The molecule has 0 fully saturated rings. The lowest BCUT2D eigenvalue weighted by Crippen LogP contribution is -2.12. The zero-order valence-corrected chi connectivity index (χ0v) is 23.3. The number of methoxy groups -OCH3 is 2. The Balaban J connectivity index is 2.05. The van der Waals surface area contributed by atoms with Gasteiger partial charge in [-0.2, -0.15) is 0 Å². The summed E-state index contributed by atoms with van der Waals surface area (Å²) in [7, 11) is 2.89. The van der Waals surface area contributed by atoms with Gasteiger partial charge in [0, 0.05) is 24.4 Å². The van der Waals surface area contributed by atoms with E-state index in [9.17, 15) is 9.59 Å². The first-order valence-electron chi connectivity index (χ1n) is 12.9. The molecule has 1 N–H and O–H groups in total. The number of ether oxygens (including phenoxy) is 4. The third kappa shape index (κ3) is 7.80. The van der Waals surface area contributed by atoms with Crippen molar-refractivity contribution in [2.75, 3.05) is 27.4 Å². The zero-order valence-electron chi connectivity index (χ0n) is 23.3. The van der Waals surface area contributed by atoms with E-state index in [1.165, 1.54) is 19.5 Å². The number of aliphatic hydroxyl groups is 1. The number of nitrogens with zero attached hydrogens (tertiary/aromatic N) is 1. The van der Waals surface area contributed by atoms with E-state index < -0.39 is 18.0 Å². The highest BCUT2D eigenvalue weighted by Crippen LogP contribution is 2.36. The molecule has 0 saturated carbocycles. The molecule has 210 valence electrons. The van der Waals surface area contributed by atoms with E-state index >= 15 is 0 Å². The minimum absolute atomic E-state index is 0.0820. The standard InChI is InChI=1S/C32H35NO7/c1-21(2)22(3)27(28-20-25(31(35)38-5)8-12-30(28)37-4)11-13-29(40-32(36)24-14-16-33-17-15-24)23-6-9-26(10-7-23)39-19-18-34/h6-12,14-17,20-21,29,34H,3,13,18-19H2,1-2,4-5H3/b27-11-/t29-/m1/s1. The Labute approximate surface area is 234 Å². The third-order valence-corrected chi connectivity index (χ3v) is 6.27. The summed E-state index contributed by atoms with van der Waals surface area (Å²) in [5.74, 6) is 0.280. The van der Waals surface area contributed by atoms with Crippen molar-refractivity contribution in [2.45, 2.75) is 26.4 Å². The Morgan fingerprint density at radius 1 is 0.975 bits per heavy atom. The van der Waals surface area contributed by atoms with Crippen LogP contribution in [0.3, 0.4) is 0 Å². The second-order valence-electron chi connectivity index (χ2n) is 9.21. The highest BCUT2D eigenvalue weighted by molar-refractivity contribution is 5.93. The second kappa shape index (κ2) is 14.6. The van der Waals surface area contributed by atoms with Crippen LogP contribution in [0.4, 0.5) is 0 Å². The molecule has 40 heavy (non-hydrogen) atoms. The first-order valence-corrected chi connectivity index (χ1v) is 12.9. The molecular formula is C32H35NO7. The lowest BCUT2D eigenvalue weighted by atomic mass is 9.88. The number of esters is 2. The number of aliphatic hydroxyl groups excluding tert-OH is 1. The fourth-order valence-corrected chi connectivity index (χ4v) is 3.99. The Morgan fingerprint density at radius 2 is 1.68 bits per heavy atom. The minimum Gasteiger partial charge on any atom is -0.496 e. The van der Waals surface area contributed by atoms with Gasteiger partial charge in [0.1, 0.15) is 24.2 Å². The predicted octanol–water partition coefficient (Wildman–Crippen LogP) is 5.83. The van der Waals surface area contributed by atoms with Crippen molar-refractivity contribution in [3.8, 4) is 11.5 Å². The topological polar surface area (TPSA) is 104 Å². The second-order valence-corrected chi connectivity index (χ2v) is 9.21. The molecule has 0 amide bonds. The molecule has 8 nitrogen and oxygen atoms in total. The molecule has 8 heteroatoms. The Kier molecular flexibility index (Phi) is 11.0. The molecule has 0 spiro atoms. The maximum absolute atomic E-state index is 13.0. The quantitative estimate of drug-likeness (QED) is 0.211. The van der Waals surface area contributed by atoms with E-state index in [-0.39, 0.29) is 19.1 Å². The van der Waals surface area contributed by atoms with Crippen molar-refractivity contribution < 1.29 is 33.6 Å². The van der Waals surface area contributed by atoms with Gasteiger partial charge in [0.2, 0.25) is 0 Å². The summed E-state index contributed by atoms with van der Waals surface area (Å²) in [5.41, 5.74) is 3.78. The molecule has 0 saturated heterocycles. The van der Waals surface area contributed by atoms with Gasteiger partial charge >= 0.3 is 11.9 Å². The van der Waals surface area contributed by atoms with Gasteiger partial charge in [-0.15, -0.1) is 0 Å². The van der Waals surface area contributed by atoms with Crippen molar-refractivity contribution in [1.82, 2.24) is 4.98 Å². The molecule has 2 aromatic carbocycles. The number of hydrogen-bond donors (Lipinski definition) is 1. The summed E-state index contributed by atoms with van der Waals surface area (Å²) >= 11 is 0. The van der Waals surface area contributed by atoms with E-state index in [2.05, 4.69) is 11.6 Å². The van der Waals surface area contributed by atoms with E-state index in [1.54, 1.807) is 49.6 Å². The van der Waals surface area contributed by atoms with Crippen molar-refractivity contribution in [3.05, 3.63) is 107 Å². The first-order chi connectivity index (χ1) is 19.3. The normalized spacial score (nSPS) is 12.0. The predicted molar refractivity (Wildman–Crippen MR) is 152 cm³/mol. The molecule has 1 aromatic heterocycles. The minimum atomic E-state index is -0.655. The first kappa shape index (κ1) is 30.1. The molecule has 0 unspecified atom stereocenters. The van der Waals surface area contributed by atoms with Crippen LogP contribution in [0.25, 0.3) is 5.57 Å². The average Bonchev–Trinajstić information content (AvgIpc) is 2.99. The van der Waals surface area contributed by atoms with E-state index in [0.717, 1.165) is 16.7 Å². The maximum atomic E-state index is 13.0. The molecule has 0 aliphatic rings. The summed E-state index contributed by atoms with van der Waals surface area (Å²) in [4.78, 5) is 29.3. The number of aromatic nitrogens is 1. The fraction of sp³-hybridized carbons (Fsp3) is 0.281. The van der Waals surface area contributed by atoms with Gasteiger partial charge in [-0.3, -0.25) is 4.98 Å². The van der Waals surface area contributed by atoms with Crippen LogP contribution in [0.5, 0.6) is 11.5 Å². The van der Waals surface area contributed by atoms with Gasteiger partial charge in [-0.1, -0.05) is 38.6 Å². The third-order valence-electron chi connectivity index (χ3n) is 6.27. The summed E-state index contributed by atoms with van der Waals surface area (Å²) in [5, 5.41) is 9.04. The van der Waals surface area contributed by atoms with Gasteiger partial charge in [0.25, 0.3) is 0 Å². The van der Waals surface area contributed by atoms with Crippen LogP contribution < -0.4 is 9.47 Å². The summed E-state index contributed by atoms with van der Waals surface area (Å²) in [6.45, 7) is 8.44. The largest absolute Gasteiger partial charge is 0.496 e. The molecular weight excluding hydrogens is 510 g/mol. The number of carbonyl (C=O) groups is 2. The smallest absolute Gasteiger partial charge is 0.338 e. The fourth-order valence-electron chi connectivity index (χ4n) is 3.99. The van der Waals surface area contributed by atoms with Crippen molar-refractivity contribution in [2.24, 2.45) is 5.92 Å². The highest BCUT2D eigenvalue weighted by atomic mass is 16.5. The van der Waals surface area contributed by atoms with E-state index in [0.29, 0.717) is 34.6 Å². The molecule has 1 heterocycles. The molecule has 0 bridgehead atoms. The van der Waals surface area contributed by atoms with Crippen molar-refractivity contribution in [1.29, 1.82) is 0 Å². The van der Waals surface area contributed by atoms with Gasteiger partial charge in [0.05, 0.1) is 32.0 Å². The summed E-state index contributed by atoms with van der Waals surface area (Å²) < 4.78 is 22.0. The number of hydrogen-bond acceptors (Lipinski definition) is 8. The van der Waals surface area contributed by atoms with Crippen LogP contribution in [-0.4, -0.2) is 49.5 Å². The van der Waals surface area contributed by atoms with Crippen LogP contribution in [0.1, 0.15) is 58.2 Å². The Bertz CT molecular complexity index is 1330. The van der Waals surface area contributed by atoms with E-state index in [1.807, 2.05) is 32.1 Å². The summed E-state index contributed by atoms with van der Waals surface area (Å²) in [6, 6.07) is 15.4. The van der Waals surface area contributed by atoms with Crippen molar-refractivity contribution in [3.63, 3.8) is 0 Å². The van der Waals surface area contributed by atoms with Crippen LogP contribution in [-0.2, 0) is 9.47 Å². The monoisotopic (exact) mass is 545 g/mol. The Morgan fingerprint density at radius 3 is 2.27 bits per heavy atom. The van der Waals surface area contributed by atoms with Crippen LogP contribution in [0.2, 0.25) is 0 Å².